The molecular formula is C21H34N2O6S. The van der Waals surface area contributed by atoms with E-state index in [9.17, 15) is 18.3 Å². The van der Waals surface area contributed by atoms with Gasteiger partial charge in [0.1, 0.15) is 12.4 Å². The molecule has 170 valence electrons. The van der Waals surface area contributed by atoms with Crippen LogP contribution < -0.4 is 9.64 Å². The Morgan fingerprint density at radius 3 is 2.60 bits per heavy atom. The van der Waals surface area contributed by atoms with E-state index in [1.165, 1.54) is 4.31 Å². The minimum absolute atomic E-state index is 0.0968. The van der Waals surface area contributed by atoms with Crippen molar-refractivity contribution >= 4 is 21.7 Å². The van der Waals surface area contributed by atoms with Crippen molar-refractivity contribution in [1.82, 2.24) is 4.31 Å². The SMILES string of the molecule is CN(C)c1cccc(OCC(O)CCCN(CC=CCCCC(=O)O)S(C)(=O)=O)c1. The molecule has 1 aromatic carbocycles. The van der Waals surface area contributed by atoms with Gasteiger partial charge >= 0.3 is 5.97 Å². The van der Waals surface area contributed by atoms with Crippen LogP contribution in [0.5, 0.6) is 5.75 Å². The van der Waals surface area contributed by atoms with Crippen LogP contribution in [0.15, 0.2) is 36.4 Å². The lowest BCUT2D eigenvalue weighted by Crippen LogP contribution is -2.32. The fourth-order valence-corrected chi connectivity index (χ4v) is 3.52. The molecule has 0 saturated carbocycles. The number of allylic oxidation sites excluding steroid dienone is 1. The van der Waals surface area contributed by atoms with Gasteiger partial charge in [0, 0.05) is 45.4 Å². The molecule has 0 spiro atoms. The molecule has 1 aromatic rings. The highest BCUT2D eigenvalue weighted by molar-refractivity contribution is 7.88. The monoisotopic (exact) mass is 442 g/mol. The van der Waals surface area contributed by atoms with Gasteiger partial charge in [0.15, 0.2) is 0 Å². The average molecular weight is 443 g/mol. The van der Waals surface area contributed by atoms with Crippen molar-refractivity contribution in [2.75, 3.05) is 44.9 Å². The number of rotatable bonds is 15. The zero-order chi connectivity index (χ0) is 22.6. The van der Waals surface area contributed by atoms with E-state index in [2.05, 4.69) is 0 Å². The molecule has 0 bridgehead atoms. The fraction of sp³-hybridized carbons (Fsp3) is 0.571. The largest absolute Gasteiger partial charge is 0.491 e. The molecule has 0 aliphatic carbocycles. The number of hydrogen-bond donors (Lipinski definition) is 2. The van der Waals surface area contributed by atoms with Gasteiger partial charge in [0.05, 0.1) is 12.4 Å². The van der Waals surface area contributed by atoms with Gasteiger partial charge in [-0.05, 0) is 37.8 Å². The van der Waals surface area contributed by atoms with Crippen LogP contribution in [0.1, 0.15) is 32.1 Å². The molecule has 0 fully saturated rings. The average Bonchev–Trinajstić information content (AvgIpc) is 2.66. The van der Waals surface area contributed by atoms with E-state index >= 15 is 0 Å². The molecule has 9 heteroatoms. The topological polar surface area (TPSA) is 107 Å². The molecule has 0 aliphatic rings. The lowest BCUT2D eigenvalue weighted by atomic mass is 10.2. The summed E-state index contributed by atoms with van der Waals surface area (Å²) in [4.78, 5) is 12.4. The number of carboxylic acids is 1. The third-order valence-corrected chi connectivity index (χ3v) is 5.70. The second-order valence-electron chi connectivity index (χ2n) is 7.38. The highest BCUT2D eigenvalue weighted by Crippen LogP contribution is 2.19. The normalized spacial score (nSPS) is 13.0. The molecule has 0 radical (unpaired) electrons. The molecular weight excluding hydrogens is 408 g/mol. The highest BCUT2D eigenvalue weighted by Gasteiger charge is 2.15. The van der Waals surface area contributed by atoms with E-state index in [0.717, 1.165) is 11.9 Å². The standard InChI is InChI=1S/C21H34N2O6S/c1-22(2)18-10-8-12-20(16-18)29-17-19(24)11-9-15-23(30(3,27)28)14-7-5-4-6-13-21(25)26/h5,7-8,10,12,16,19,24H,4,6,9,11,13-15,17H2,1-3H3,(H,25,26). The second-order valence-corrected chi connectivity index (χ2v) is 9.36. The Hall–Kier alpha value is -2.10. The lowest BCUT2D eigenvalue weighted by molar-refractivity contribution is -0.137. The van der Waals surface area contributed by atoms with Gasteiger partial charge in [-0.3, -0.25) is 4.79 Å². The van der Waals surface area contributed by atoms with E-state index in [-0.39, 0.29) is 19.6 Å². The highest BCUT2D eigenvalue weighted by atomic mass is 32.2. The number of benzene rings is 1. The maximum Gasteiger partial charge on any atom is 0.303 e. The summed E-state index contributed by atoms with van der Waals surface area (Å²) in [5.41, 5.74) is 1.00. The third-order valence-electron chi connectivity index (χ3n) is 4.43. The molecule has 1 rings (SSSR count). The van der Waals surface area contributed by atoms with Gasteiger partial charge in [-0.25, -0.2) is 8.42 Å². The zero-order valence-corrected chi connectivity index (χ0v) is 18.8. The van der Waals surface area contributed by atoms with E-state index in [4.69, 9.17) is 9.84 Å². The van der Waals surface area contributed by atoms with Crippen LogP contribution >= 0.6 is 0 Å². The van der Waals surface area contributed by atoms with Crippen LogP contribution in [0.3, 0.4) is 0 Å². The minimum atomic E-state index is -3.37. The van der Waals surface area contributed by atoms with Crippen molar-refractivity contribution in [1.29, 1.82) is 0 Å². The van der Waals surface area contributed by atoms with Crippen LogP contribution in [-0.2, 0) is 14.8 Å². The number of sulfonamides is 1. The van der Waals surface area contributed by atoms with E-state index in [1.54, 1.807) is 12.2 Å². The molecule has 1 atom stereocenters. The van der Waals surface area contributed by atoms with Crippen LogP contribution in [0, 0.1) is 0 Å². The summed E-state index contributed by atoms with van der Waals surface area (Å²) in [6.07, 6.45) is 6.13. The third kappa shape index (κ3) is 11.2. The van der Waals surface area contributed by atoms with Gasteiger partial charge < -0.3 is 19.8 Å². The first-order valence-electron chi connectivity index (χ1n) is 9.99. The predicted molar refractivity (Wildman–Crippen MR) is 119 cm³/mol. The number of unbranched alkanes of at least 4 members (excludes halogenated alkanes) is 1. The molecule has 30 heavy (non-hydrogen) atoms. The number of hydrogen-bond acceptors (Lipinski definition) is 6. The molecule has 0 saturated heterocycles. The van der Waals surface area contributed by atoms with Crippen molar-refractivity contribution in [3.8, 4) is 5.75 Å². The number of ether oxygens (including phenoxy) is 1. The van der Waals surface area contributed by atoms with Crippen molar-refractivity contribution < 1.29 is 28.2 Å². The van der Waals surface area contributed by atoms with Crippen molar-refractivity contribution in [3.05, 3.63) is 36.4 Å². The molecule has 2 N–H and O–H groups in total. The summed E-state index contributed by atoms with van der Waals surface area (Å²) in [7, 11) is 0.508. The Kier molecular flexibility index (Phi) is 11.5. The van der Waals surface area contributed by atoms with E-state index in [0.29, 0.717) is 38.0 Å². The number of aliphatic hydroxyl groups excluding tert-OH is 1. The van der Waals surface area contributed by atoms with E-state index in [1.807, 2.05) is 43.3 Å². The Labute approximate surface area is 179 Å². The number of anilines is 1. The van der Waals surface area contributed by atoms with Gasteiger partial charge in [-0.2, -0.15) is 4.31 Å². The summed E-state index contributed by atoms with van der Waals surface area (Å²) in [5.74, 6) is -0.167. The van der Waals surface area contributed by atoms with Crippen molar-refractivity contribution in [2.45, 2.75) is 38.2 Å². The van der Waals surface area contributed by atoms with Crippen LogP contribution in [-0.4, -0.2) is 75.1 Å². The zero-order valence-electron chi connectivity index (χ0n) is 18.0. The van der Waals surface area contributed by atoms with Crippen molar-refractivity contribution in [2.24, 2.45) is 0 Å². The first-order chi connectivity index (χ1) is 14.1. The van der Waals surface area contributed by atoms with Gasteiger partial charge in [-0.1, -0.05) is 18.2 Å². The smallest absolute Gasteiger partial charge is 0.303 e. The van der Waals surface area contributed by atoms with Crippen molar-refractivity contribution in [3.63, 3.8) is 0 Å². The first kappa shape index (κ1) is 25.9. The predicted octanol–water partition coefficient (Wildman–Crippen LogP) is 2.35. The summed E-state index contributed by atoms with van der Waals surface area (Å²) < 4.78 is 30.9. The summed E-state index contributed by atoms with van der Waals surface area (Å²) >= 11 is 0. The fourth-order valence-electron chi connectivity index (χ4n) is 2.70. The van der Waals surface area contributed by atoms with Crippen LogP contribution in [0.2, 0.25) is 0 Å². The molecule has 0 aromatic heterocycles. The quantitative estimate of drug-likeness (QED) is 0.317. The number of aliphatic hydroxyl groups is 1. The maximum atomic E-state index is 11.9. The summed E-state index contributed by atoms with van der Waals surface area (Å²) in [6.45, 7) is 0.667. The summed E-state index contributed by atoms with van der Waals surface area (Å²) in [5, 5.41) is 18.8. The van der Waals surface area contributed by atoms with Crippen LogP contribution in [0.25, 0.3) is 0 Å². The Morgan fingerprint density at radius 2 is 1.97 bits per heavy atom. The number of carbonyl (C=O) groups is 1. The summed E-state index contributed by atoms with van der Waals surface area (Å²) in [6, 6.07) is 7.56. The molecule has 1 unspecified atom stereocenters. The number of nitrogens with zero attached hydrogens (tertiary/aromatic N) is 2. The molecule has 8 nitrogen and oxygen atoms in total. The maximum absolute atomic E-state index is 11.9. The molecule has 0 aliphatic heterocycles. The number of carboxylic acid groups (broad SMARTS) is 1. The van der Waals surface area contributed by atoms with Gasteiger partial charge in [0.2, 0.25) is 10.0 Å². The lowest BCUT2D eigenvalue weighted by Gasteiger charge is -2.19. The Morgan fingerprint density at radius 1 is 1.23 bits per heavy atom. The minimum Gasteiger partial charge on any atom is -0.491 e. The molecule has 0 heterocycles. The van der Waals surface area contributed by atoms with E-state index < -0.39 is 22.1 Å². The Balaban J connectivity index is 2.38. The molecule has 0 amide bonds. The first-order valence-corrected chi connectivity index (χ1v) is 11.8. The van der Waals surface area contributed by atoms with Crippen LogP contribution in [0.4, 0.5) is 5.69 Å². The second kappa shape index (κ2) is 13.3. The van der Waals surface area contributed by atoms with Gasteiger partial charge in [-0.15, -0.1) is 0 Å². The van der Waals surface area contributed by atoms with Gasteiger partial charge in [0.25, 0.3) is 0 Å². The number of aliphatic carboxylic acids is 1. The Bertz CT molecular complexity index is 779.